The van der Waals surface area contributed by atoms with Crippen LogP contribution in [0.1, 0.15) is 26.7 Å². The number of anilines is 2. The summed E-state index contributed by atoms with van der Waals surface area (Å²) < 4.78 is 0.754. The molecule has 0 aliphatic heterocycles. The Morgan fingerprint density at radius 1 is 1.48 bits per heavy atom. The summed E-state index contributed by atoms with van der Waals surface area (Å²) in [7, 11) is 0. The molecule has 1 atom stereocenters. The first-order valence-corrected chi connectivity index (χ1v) is 9.33. The van der Waals surface area contributed by atoms with E-state index in [1.165, 1.54) is 23.1 Å². The van der Waals surface area contributed by atoms with Gasteiger partial charge in [-0.3, -0.25) is 4.79 Å². The number of thioether (sulfide) groups is 1. The van der Waals surface area contributed by atoms with Gasteiger partial charge in [0.2, 0.25) is 11.0 Å². The number of nitrogens with zero attached hydrogens (tertiary/aromatic N) is 3. The van der Waals surface area contributed by atoms with Gasteiger partial charge in [-0.15, -0.1) is 10.2 Å². The van der Waals surface area contributed by atoms with E-state index in [9.17, 15) is 4.79 Å². The molecule has 0 bridgehead atoms. The first-order chi connectivity index (χ1) is 11.1. The lowest BCUT2D eigenvalue weighted by Crippen LogP contribution is -2.22. The Balaban J connectivity index is 1.87. The van der Waals surface area contributed by atoms with Gasteiger partial charge in [0.05, 0.1) is 10.9 Å². The zero-order valence-corrected chi connectivity index (χ0v) is 15.3. The van der Waals surface area contributed by atoms with Gasteiger partial charge in [-0.25, -0.2) is 4.98 Å². The van der Waals surface area contributed by atoms with Gasteiger partial charge in [0.1, 0.15) is 0 Å². The number of hydrogen-bond donors (Lipinski definition) is 2. The highest BCUT2D eigenvalue weighted by Crippen LogP contribution is 2.29. The second-order valence-corrected chi connectivity index (χ2v) is 7.67. The minimum Gasteiger partial charge on any atom is -0.360 e. The van der Waals surface area contributed by atoms with Crippen LogP contribution in [0.4, 0.5) is 10.8 Å². The number of carbonyl (C=O) groups excluding carboxylic acids is 1. The fourth-order valence-corrected chi connectivity index (χ4v) is 3.71. The molecular formula is C14H18ClN5OS2. The highest BCUT2D eigenvalue weighted by Gasteiger charge is 2.18. The van der Waals surface area contributed by atoms with E-state index in [1.54, 1.807) is 18.3 Å². The first kappa shape index (κ1) is 18.0. The van der Waals surface area contributed by atoms with Crippen LogP contribution in [0.15, 0.2) is 22.7 Å². The molecule has 0 aliphatic carbocycles. The van der Waals surface area contributed by atoms with Crippen molar-refractivity contribution in [2.75, 3.05) is 17.2 Å². The molecule has 2 N–H and O–H groups in total. The summed E-state index contributed by atoms with van der Waals surface area (Å²) >= 11 is 8.75. The SMILES string of the molecule is CCCCNc1nnc(S[C@@H](C)C(=O)Nc2cccnc2Cl)s1. The van der Waals surface area contributed by atoms with Crippen molar-refractivity contribution < 1.29 is 4.79 Å². The number of hydrogen-bond acceptors (Lipinski definition) is 7. The van der Waals surface area contributed by atoms with Crippen LogP contribution in [0, 0.1) is 0 Å². The van der Waals surface area contributed by atoms with E-state index < -0.39 is 0 Å². The zero-order valence-electron chi connectivity index (χ0n) is 12.9. The number of amides is 1. The van der Waals surface area contributed by atoms with Crippen LogP contribution >= 0.6 is 34.7 Å². The van der Waals surface area contributed by atoms with E-state index in [-0.39, 0.29) is 16.3 Å². The second kappa shape index (κ2) is 9.05. The third-order valence-corrected chi connectivity index (χ3v) is 5.24. The van der Waals surface area contributed by atoms with E-state index in [0.717, 1.165) is 28.9 Å². The molecule has 2 heterocycles. The Morgan fingerprint density at radius 3 is 3.04 bits per heavy atom. The first-order valence-electron chi connectivity index (χ1n) is 7.25. The van der Waals surface area contributed by atoms with Crippen LogP contribution in [-0.2, 0) is 4.79 Å². The maximum absolute atomic E-state index is 12.2. The quantitative estimate of drug-likeness (QED) is 0.416. The van der Waals surface area contributed by atoms with Gasteiger partial charge in [0.15, 0.2) is 9.49 Å². The van der Waals surface area contributed by atoms with Crippen LogP contribution in [0.3, 0.4) is 0 Å². The minimum absolute atomic E-state index is 0.152. The van der Waals surface area contributed by atoms with Crippen molar-refractivity contribution in [1.82, 2.24) is 15.2 Å². The average Bonchev–Trinajstić information content (AvgIpc) is 2.97. The molecule has 2 aromatic heterocycles. The molecule has 2 rings (SSSR count). The van der Waals surface area contributed by atoms with Crippen LogP contribution in [0.25, 0.3) is 0 Å². The molecule has 0 aromatic carbocycles. The van der Waals surface area contributed by atoms with Crippen molar-refractivity contribution in [1.29, 1.82) is 0 Å². The fraction of sp³-hybridized carbons (Fsp3) is 0.429. The zero-order chi connectivity index (χ0) is 16.7. The van der Waals surface area contributed by atoms with Crippen molar-refractivity contribution in [3.63, 3.8) is 0 Å². The molecule has 9 heteroatoms. The summed E-state index contributed by atoms with van der Waals surface area (Å²) in [6, 6.07) is 3.43. The Bertz CT molecular complexity index is 652. The molecule has 0 unspecified atom stereocenters. The number of unbranched alkanes of at least 4 members (excludes halogenated alkanes) is 1. The minimum atomic E-state index is -0.317. The predicted octanol–water partition coefficient (Wildman–Crippen LogP) is 3.92. The van der Waals surface area contributed by atoms with E-state index in [0.29, 0.717) is 5.69 Å². The van der Waals surface area contributed by atoms with Crippen LogP contribution in [0.5, 0.6) is 0 Å². The lowest BCUT2D eigenvalue weighted by molar-refractivity contribution is -0.115. The molecule has 6 nitrogen and oxygen atoms in total. The van der Waals surface area contributed by atoms with Gasteiger partial charge in [0, 0.05) is 12.7 Å². The number of carbonyl (C=O) groups is 1. The molecule has 124 valence electrons. The number of rotatable bonds is 8. The molecule has 0 spiro atoms. The molecular weight excluding hydrogens is 354 g/mol. The molecule has 1 amide bonds. The van der Waals surface area contributed by atoms with Gasteiger partial charge in [-0.2, -0.15) is 0 Å². The van der Waals surface area contributed by atoms with Crippen molar-refractivity contribution in [2.24, 2.45) is 0 Å². The number of nitrogens with one attached hydrogen (secondary N) is 2. The summed E-state index contributed by atoms with van der Waals surface area (Å²) in [6.07, 6.45) is 3.79. The summed E-state index contributed by atoms with van der Waals surface area (Å²) in [5.74, 6) is -0.152. The van der Waals surface area contributed by atoms with E-state index >= 15 is 0 Å². The smallest absolute Gasteiger partial charge is 0.237 e. The summed E-state index contributed by atoms with van der Waals surface area (Å²) in [6.45, 7) is 4.83. The number of pyridine rings is 1. The van der Waals surface area contributed by atoms with Crippen LogP contribution in [-0.4, -0.2) is 32.9 Å². The summed E-state index contributed by atoms with van der Waals surface area (Å²) in [4.78, 5) is 16.1. The Hall–Kier alpha value is -1.38. The van der Waals surface area contributed by atoms with Crippen LogP contribution < -0.4 is 10.6 Å². The van der Waals surface area contributed by atoms with Crippen molar-refractivity contribution in [3.8, 4) is 0 Å². The molecule has 0 aliphatic rings. The lowest BCUT2D eigenvalue weighted by Gasteiger charge is -2.10. The third-order valence-electron chi connectivity index (χ3n) is 2.88. The highest BCUT2D eigenvalue weighted by molar-refractivity contribution is 8.02. The fourth-order valence-electron chi connectivity index (χ4n) is 1.62. The maximum atomic E-state index is 12.2. The van der Waals surface area contributed by atoms with Crippen molar-refractivity contribution in [2.45, 2.75) is 36.3 Å². The Morgan fingerprint density at radius 2 is 2.30 bits per heavy atom. The van der Waals surface area contributed by atoms with Crippen molar-refractivity contribution in [3.05, 3.63) is 23.5 Å². The maximum Gasteiger partial charge on any atom is 0.237 e. The van der Waals surface area contributed by atoms with Gasteiger partial charge in [0.25, 0.3) is 0 Å². The second-order valence-electron chi connectivity index (χ2n) is 4.74. The van der Waals surface area contributed by atoms with Gasteiger partial charge in [-0.05, 0) is 25.5 Å². The summed E-state index contributed by atoms with van der Waals surface area (Å²) in [5.41, 5.74) is 0.505. The van der Waals surface area contributed by atoms with Gasteiger partial charge < -0.3 is 10.6 Å². The van der Waals surface area contributed by atoms with E-state index in [1.807, 2.05) is 6.92 Å². The van der Waals surface area contributed by atoms with E-state index in [4.69, 9.17) is 11.6 Å². The molecule has 0 radical (unpaired) electrons. The topological polar surface area (TPSA) is 79.8 Å². The normalized spacial score (nSPS) is 12.0. The molecule has 0 fully saturated rings. The largest absolute Gasteiger partial charge is 0.360 e. The third kappa shape index (κ3) is 5.63. The molecule has 23 heavy (non-hydrogen) atoms. The molecule has 0 saturated heterocycles. The average molecular weight is 372 g/mol. The van der Waals surface area contributed by atoms with Gasteiger partial charge >= 0.3 is 0 Å². The van der Waals surface area contributed by atoms with Crippen LogP contribution in [0.2, 0.25) is 5.15 Å². The number of halogens is 1. The van der Waals surface area contributed by atoms with Crippen molar-refractivity contribution >= 4 is 51.4 Å². The standard InChI is InChI=1S/C14H18ClN5OS2/c1-3-4-7-17-13-19-20-14(23-13)22-9(2)12(21)18-10-6-5-8-16-11(10)15/h5-6,8-9H,3-4,7H2,1-2H3,(H,17,19)(H,18,21)/t9-/m0/s1. The Kier molecular flexibility index (Phi) is 7.07. The van der Waals surface area contributed by atoms with Gasteiger partial charge in [-0.1, -0.05) is 48.0 Å². The predicted molar refractivity (Wildman–Crippen MR) is 96.5 cm³/mol. The lowest BCUT2D eigenvalue weighted by atomic mass is 10.3. The summed E-state index contributed by atoms with van der Waals surface area (Å²) in [5, 5.41) is 14.9. The monoisotopic (exact) mass is 371 g/mol. The molecule has 2 aromatic rings. The highest BCUT2D eigenvalue weighted by atomic mass is 35.5. The number of aromatic nitrogens is 3. The van der Waals surface area contributed by atoms with E-state index in [2.05, 4.69) is 32.7 Å². The Labute approximate surface area is 148 Å². The molecule has 0 saturated carbocycles.